The SMILES string of the molecule is CNC(=O)CN(C)S(=O)(=O)c1ccc(OCC(=O)O)cc1. The van der Waals surface area contributed by atoms with Crippen LogP contribution in [0.25, 0.3) is 0 Å². The van der Waals surface area contributed by atoms with Crippen molar-refractivity contribution in [2.75, 3.05) is 27.2 Å². The van der Waals surface area contributed by atoms with E-state index < -0.39 is 28.5 Å². The largest absolute Gasteiger partial charge is 0.482 e. The van der Waals surface area contributed by atoms with Gasteiger partial charge in [-0.15, -0.1) is 0 Å². The number of nitrogens with one attached hydrogen (secondary N) is 1. The highest BCUT2D eigenvalue weighted by atomic mass is 32.2. The van der Waals surface area contributed by atoms with Crippen molar-refractivity contribution in [2.45, 2.75) is 4.90 Å². The molecule has 0 aliphatic carbocycles. The molecular weight excluding hydrogens is 300 g/mol. The van der Waals surface area contributed by atoms with E-state index >= 15 is 0 Å². The molecule has 21 heavy (non-hydrogen) atoms. The average molecular weight is 316 g/mol. The van der Waals surface area contributed by atoms with Crippen LogP contribution in [-0.4, -0.2) is 57.0 Å². The van der Waals surface area contributed by atoms with Gasteiger partial charge in [0.15, 0.2) is 6.61 Å². The van der Waals surface area contributed by atoms with Crippen molar-refractivity contribution in [3.63, 3.8) is 0 Å². The lowest BCUT2D eigenvalue weighted by atomic mass is 10.3. The molecular formula is C12H16N2O6S. The Morgan fingerprint density at radius 1 is 1.29 bits per heavy atom. The molecule has 1 amide bonds. The number of likely N-dealkylation sites (N-methyl/N-ethyl adjacent to an activating group) is 2. The number of aliphatic carboxylic acids is 1. The fraction of sp³-hybridized carbons (Fsp3) is 0.333. The average Bonchev–Trinajstić information content (AvgIpc) is 2.45. The summed E-state index contributed by atoms with van der Waals surface area (Å²) < 4.78 is 30.2. The second-order valence-electron chi connectivity index (χ2n) is 4.09. The minimum absolute atomic E-state index is 0.0171. The standard InChI is InChI=1S/C12H16N2O6S/c1-13-11(15)7-14(2)21(18,19)10-5-3-9(4-6-10)20-8-12(16)17/h3-6H,7-8H2,1-2H3,(H,13,15)(H,16,17). The molecule has 0 radical (unpaired) electrons. The fourth-order valence-electron chi connectivity index (χ4n) is 1.40. The van der Waals surface area contributed by atoms with Crippen molar-refractivity contribution < 1.29 is 27.9 Å². The van der Waals surface area contributed by atoms with E-state index in [0.29, 0.717) is 0 Å². The molecule has 0 unspecified atom stereocenters. The first kappa shape index (κ1) is 16.9. The van der Waals surface area contributed by atoms with E-state index in [2.05, 4.69) is 5.32 Å². The highest BCUT2D eigenvalue weighted by molar-refractivity contribution is 7.89. The highest BCUT2D eigenvalue weighted by Gasteiger charge is 2.22. The molecule has 0 aromatic heterocycles. The van der Waals surface area contributed by atoms with Gasteiger partial charge in [-0.1, -0.05) is 0 Å². The minimum atomic E-state index is -3.79. The summed E-state index contributed by atoms with van der Waals surface area (Å²) >= 11 is 0. The van der Waals surface area contributed by atoms with Gasteiger partial charge in [0.25, 0.3) is 0 Å². The zero-order chi connectivity index (χ0) is 16.0. The molecule has 116 valence electrons. The number of amides is 1. The van der Waals surface area contributed by atoms with Crippen LogP contribution in [0.4, 0.5) is 0 Å². The maximum Gasteiger partial charge on any atom is 0.341 e. The number of carbonyl (C=O) groups excluding carboxylic acids is 1. The molecule has 0 fully saturated rings. The van der Waals surface area contributed by atoms with Crippen molar-refractivity contribution in [1.29, 1.82) is 0 Å². The van der Waals surface area contributed by atoms with Crippen LogP contribution in [0, 0.1) is 0 Å². The zero-order valence-corrected chi connectivity index (χ0v) is 12.4. The predicted octanol–water partition coefficient (Wildman–Crippen LogP) is -0.483. The van der Waals surface area contributed by atoms with Gasteiger partial charge in [-0.2, -0.15) is 4.31 Å². The maximum absolute atomic E-state index is 12.2. The van der Waals surface area contributed by atoms with E-state index in [1.807, 2.05) is 0 Å². The van der Waals surface area contributed by atoms with Gasteiger partial charge in [0.1, 0.15) is 5.75 Å². The molecule has 0 bridgehead atoms. The Balaban J connectivity index is 2.84. The molecule has 2 N–H and O–H groups in total. The number of benzene rings is 1. The second-order valence-corrected chi connectivity index (χ2v) is 6.13. The third kappa shape index (κ3) is 4.72. The first-order chi connectivity index (χ1) is 9.77. The highest BCUT2D eigenvalue weighted by Crippen LogP contribution is 2.18. The summed E-state index contributed by atoms with van der Waals surface area (Å²) in [7, 11) is -1.09. The van der Waals surface area contributed by atoms with Crippen LogP contribution in [-0.2, 0) is 19.6 Å². The van der Waals surface area contributed by atoms with E-state index in [9.17, 15) is 18.0 Å². The van der Waals surface area contributed by atoms with Crippen molar-refractivity contribution in [2.24, 2.45) is 0 Å². The summed E-state index contributed by atoms with van der Waals surface area (Å²) in [6, 6.07) is 5.27. The quantitative estimate of drug-likeness (QED) is 0.702. The van der Waals surface area contributed by atoms with Crippen LogP contribution in [0.15, 0.2) is 29.2 Å². The van der Waals surface area contributed by atoms with Crippen molar-refractivity contribution in [3.05, 3.63) is 24.3 Å². The topological polar surface area (TPSA) is 113 Å². The lowest BCUT2D eigenvalue weighted by Gasteiger charge is -2.16. The van der Waals surface area contributed by atoms with Gasteiger partial charge in [0, 0.05) is 14.1 Å². The van der Waals surface area contributed by atoms with E-state index in [-0.39, 0.29) is 17.2 Å². The zero-order valence-electron chi connectivity index (χ0n) is 11.6. The molecule has 9 heteroatoms. The first-order valence-corrected chi connectivity index (χ1v) is 7.33. The van der Waals surface area contributed by atoms with Crippen LogP contribution >= 0.6 is 0 Å². The molecule has 0 saturated heterocycles. The molecule has 0 aliphatic heterocycles. The number of carboxylic acids is 1. The van der Waals surface area contributed by atoms with Gasteiger partial charge in [0.2, 0.25) is 15.9 Å². The van der Waals surface area contributed by atoms with Gasteiger partial charge in [-0.25, -0.2) is 13.2 Å². The predicted molar refractivity (Wildman–Crippen MR) is 73.5 cm³/mol. The summed E-state index contributed by atoms with van der Waals surface area (Å²) in [5.74, 6) is -1.31. The molecule has 1 aromatic carbocycles. The van der Waals surface area contributed by atoms with Crippen LogP contribution in [0.5, 0.6) is 5.75 Å². The Bertz CT molecular complexity index is 611. The third-order valence-electron chi connectivity index (χ3n) is 2.54. The van der Waals surface area contributed by atoms with Crippen LogP contribution < -0.4 is 10.1 Å². The number of carbonyl (C=O) groups is 2. The van der Waals surface area contributed by atoms with Gasteiger partial charge in [0.05, 0.1) is 11.4 Å². The third-order valence-corrected chi connectivity index (χ3v) is 4.36. The Kier molecular flexibility index (Phi) is 5.68. The Morgan fingerprint density at radius 3 is 2.33 bits per heavy atom. The number of nitrogens with zero attached hydrogens (tertiary/aromatic N) is 1. The number of hydrogen-bond acceptors (Lipinski definition) is 5. The Hall–Kier alpha value is -2.13. The molecule has 1 aromatic rings. The van der Waals surface area contributed by atoms with Crippen molar-refractivity contribution in [1.82, 2.24) is 9.62 Å². The molecule has 0 atom stereocenters. The van der Waals surface area contributed by atoms with Crippen molar-refractivity contribution >= 4 is 21.9 Å². The molecule has 0 saturated carbocycles. The number of ether oxygens (including phenoxy) is 1. The van der Waals surface area contributed by atoms with Gasteiger partial charge < -0.3 is 15.2 Å². The van der Waals surface area contributed by atoms with Crippen LogP contribution in [0.2, 0.25) is 0 Å². The molecule has 1 rings (SSSR count). The summed E-state index contributed by atoms with van der Waals surface area (Å²) in [5, 5.41) is 10.8. The van der Waals surface area contributed by atoms with Crippen LogP contribution in [0.3, 0.4) is 0 Å². The monoisotopic (exact) mass is 316 g/mol. The van der Waals surface area contributed by atoms with Crippen molar-refractivity contribution in [3.8, 4) is 5.75 Å². The van der Waals surface area contributed by atoms with Gasteiger partial charge in [-0.3, -0.25) is 4.79 Å². The molecule has 0 spiro atoms. The minimum Gasteiger partial charge on any atom is -0.482 e. The number of carboxylic acid groups (broad SMARTS) is 1. The first-order valence-electron chi connectivity index (χ1n) is 5.89. The Morgan fingerprint density at radius 2 is 1.86 bits per heavy atom. The normalized spacial score (nSPS) is 11.2. The molecule has 8 nitrogen and oxygen atoms in total. The number of hydrogen-bond donors (Lipinski definition) is 2. The summed E-state index contributed by atoms with van der Waals surface area (Å²) in [4.78, 5) is 21.5. The summed E-state index contributed by atoms with van der Waals surface area (Å²) in [6.45, 7) is -0.807. The van der Waals surface area contributed by atoms with E-state index in [1.54, 1.807) is 0 Å². The smallest absolute Gasteiger partial charge is 0.341 e. The van der Waals surface area contributed by atoms with E-state index in [4.69, 9.17) is 9.84 Å². The van der Waals surface area contributed by atoms with E-state index in [1.165, 1.54) is 38.4 Å². The maximum atomic E-state index is 12.2. The van der Waals surface area contributed by atoms with E-state index in [0.717, 1.165) is 4.31 Å². The number of sulfonamides is 1. The Labute approximate surface area is 122 Å². The van der Waals surface area contributed by atoms with Gasteiger partial charge >= 0.3 is 5.97 Å². The summed E-state index contributed by atoms with van der Waals surface area (Å²) in [5.41, 5.74) is 0. The lowest BCUT2D eigenvalue weighted by molar-refractivity contribution is -0.139. The van der Waals surface area contributed by atoms with Gasteiger partial charge in [-0.05, 0) is 24.3 Å². The lowest BCUT2D eigenvalue weighted by Crippen LogP contribution is -2.36. The summed E-state index contributed by atoms with van der Waals surface area (Å²) in [6.07, 6.45) is 0. The van der Waals surface area contributed by atoms with Crippen LogP contribution in [0.1, 0.15) is 0 Å². The fourth-order valence-corrected chi connectivity index (χ4v) is 2.53. The molecule has 0 aliphatic rings. The second kappa shape index (κ2) is 7.04. The molecule has 0 heterocycles. The number of rotatable bonds is 7.